The van der Waals surface area contributed by atoms with Crippen LogP contribution in [-0.4, -0.2) is 69.4 Å². The van der Waals surface area contributed by atoms with Crippen molar-refractivity contribution in [2.75, 3.05) is 0 Å². The van der Waals surface area contributed by atoms with E-state index in [0.29, 0.717) is 164 Å². The third kappa shape index (κ3) is 23.6. The first-order chi connectivity index (χ1) is 65.9. The maximum atomic E-state index is 13.8. The van der Waals surface area contributed by atoms with Crippen molar-refractivity contribution in [2.24, 2.45) is 0 Å². The highest BCUT2D eigenvalue weighted by Gasteiger charge is 2.31. The van der Waals surface area contributed by atoms with E-state index in [-0.39, 0.29) is 62.6 Å². The third-order valence-corrected chi connectivity index (χ3v) is 27.8. The van der Waals surface area contributed by atoms with Gasteiger partial charge in [0.1, 0.15) is 65.5 Å². The maximum absolute atomic E-state index is 13.8. The van der Waals surface area contributed by atoms with Gasteiger partial charge in [0.2, 0.25) is 23.1 Å². The van der Waals surface area contributed by atoms with Crippen LogP contribution in [0.1, 0.15) is 144 Å². The van der Waals surface area contributed by atoms with Crippen LogP contribution in [0.4, 0.5) is 0 Å². The van der Waals surface area contributed by atoms with Gasteiger partial charge in [-0.25, -0.2) is 0 Å². The Balaban J connectivity index is 0.000000155. The number of hydrogen-bond acceptors (Lipinski definition) is 24. The fourth-order valence-electron chi connectivity index (χ4n) is 15.5. The molecule has 0 spiro atoms. The van der Waals surface area contributed by atoms with Crippen LogP contribution in [-0.2, 0) is 38.1 Å². The van der Waals surface area contributed by atoms with E-state index in [1.165, 1.54) is 76.3 Å². The number of carbonyl (C=O) groups is 8. The average molecular weight is 2060 g/mol. The van der Waals surface area contributed by atoms with E-state index in [1.54, 1.807) is 170 Å². The van der Waals surface area contributed by atoms with Gasteiger partial charge in [-0.2, -0.15) is 0 Å². The van der Waals surface area contributed by atoms with Gasteiger partial charge in [-0.1, -0.05) is 87.3 Å². The lowest BCUT2D eigenvalue weighted by Gasteiger charge is -2.13. The molecule has 0 saturated carbocycles. The number of thiophene rings is 4. The van der Waals surface area contributed by atoms with Crippen LogP contribution in [0.3, 0.4) is 0 Å². The zero-order chi connectivity index (χ0) is 99.4. The minimum Gasteiger partial charge on any atom is -0.508 e. The number of aryl methyl sites for hydroxylation is 11. The first-order valence-electron chi connectivity index (χ1n) is 41.5. The number of benzene rings is 12. The van der Waals surface area contributed by atoms with E-state index in [0.717, 1.165) is 98.8 Å². The van der Waals surface area contributed by atoms with Crippen molar-refractivity contribution < 1.29 is 96.7 Å². The molecule has 0 saturated heterocycles. The molecule has 0 aliphatic carbocycles. The number of carbonyl (C=O) groups excluding carboxylic acids is 8. The normalized spacial score (nSPS) is 11.2. The van der Waals surface area contributed by atoms with Crippen LogP contribution in [0, 0.1) is 76.2 Å². The lowest BCUT2D eigenvalue weighted by molar-refractivity contribution is -0.124. The Morgan fingerprint density at radius 2 is 0.507 bits per heavy atom. The van der Waals surface area contributed by atoms with Crippen molar-refractivity contribution in [3.63, 3.8) is 0 Å². The molecule has 138 heavy (non-hydrogen) atoms. The van der Waals surface area contributed by atoms with E-state index in [2.05, 4.69) is 18.9 Å². The zero-order valence-electron chi connectivity index (χ0n) is 74.8. The molecule has 16 aromatic rings. The molecule has 0 fully saturated rings. The van der Waals surface area contributed by atoms with Crippen LogP contribution in [0.2, 0.25) is 35.2 Å². The fraction of sp³-hybridized carbons (Fsp3) is 0.103. The standard InChI is InChI=1S/C28H23ClO5S.C27H21ClO5S.C26H17Cl3O5S.C26H18Cl2O5S/c1-15-11-21(12-16(2)22(15)7-8-33-14-30)34-27-23-6-5-20(31)13-24(23)35-28(27)26(32)25-17(3)9-19(29)10-18(25)4;1-15-12-21(6-4-18(15)8-9-32-14-29)33-26-22-7-5-20(30)13-23(22)34-27(26)25(31)24-16(2)10-19(28)11-17(24)3;1-13-7-15(27)8-14(2)23(13)24(32)26-25(19-4-3-16(31)9-22(19)35-26)34-17-10-20(28)18(21(29)11-17)5-6-33-12-30;1-14-9-17(27)10-15(2)23(14)24(31)26-25(20-6-4-18(30)11-22(20)34-26)33-19-5-3-16(21(28)12-19)7-8-32-13-29/h5-14,31H,1-4H3;4-14,30H,1-3H3;3-12,31H,1-2H3;3-13,30H,1-2H3/b8-7+;9-8+;6-5+;8-7+. The van der Waals surface area contributed by atoms with Crippen LogP contribution in [0.5, 0.6) is 69.0 Å². The van der Waals surface area contributed by atoms with Gasteiger partial charge in [0.25, 0.3) is 25.9 Å². The summed E-state index contributed by atoms with van der Waals surface area (Å²) in [6, 6.07) is 50.9. The molecule has 0 aliphatic rings. The predicted octanol–water partition coefficient (Wildman–Crippen LogP) is 31.1. The molecular weight excluding hydrogens is 1980 g/mol. The van der Waals surface area contributed by atoms with E-state index in [1.807, 2.05) is 100 Å². The largest absolute Gasteiger partial charge is 0.508 e. The Bertz CT molecular complexity index is 7120. The predicted molar refractivity (Wildman–Crippen MR) is 551 cm³/mol. The zero-order valence-corrected chi connectivity index (χ0v) is 83.4. The summed E-state index contributed by atoms with van der Waals surface area (Å²) in [5.41, 5.74) is 13.9. The van der Waals surface area contributed by atoms with E-state index in [4.69, 9.17) is 100 Å². The summed E-state index contributed by atoms with van der Waals surface area (Å²) < 4.78 is 46.3. The highest BCUT2D eigenvalue weighted by molar-refractivity contribution is 7.23. The summed E-state index contributed by atoms with van der Waals surface area (Å²) in [5, 5.41) is 45.9. The highest BCUT2D eigenvalue weighted by atomic mass is 35.5. The van der Waals surface area contributed by atoms with Crippen molar-refractivity contribution in [2.45, 2.75) is 76.2 Å². The molecule has 12 aromatic carbocycles. The van der Waals surface area contributed by atoms with E-state index >= 15 is 0 Å². The van der Waals surface area contributed by atoms with Gasteiger partial charge in [0.15, 0.2) is 23.0 Å². The van der Waals surface area contributed by atoms with E-state index < -0.39 is 0 Å². The molecule has 0 bridgehead atoms. The highest BCUT2D eigenvalue weighted by Crippen LogP contribution is 2.50. The van der Waals surface area contributed by atoms with Crippen molar-refractivity contribution >= 4 is 240 Å². The number of fused-ring (bicyclic) bond motifs is 4. The van der Waals surface area contributed by atoms with Crippen LogP contribution >= 0.6 is 127 Å². The number of ether oxygens (including phenoxy) is 8. The molecular formula is C107H79Cl7O20S4. The average Bonchev–Trinajstić information content (AvgIpc) is 1.63. The van der Waals surface area contributed by atoms with Gasteiger partial charge in [-0.15, -0.1) is 45.3 Å². The van der Waals surface area contributed by atoms with Gasteiger partial charge in [0.05, 0.1) is 40.1 Å². The molecule has 31 heteroatoms. The SMILES string of the molecule is Cc1cc(Cl)cc(C)c1C(=O)c1sc2cc(O)ccc2c1Oc1cc(Cl)c(/C=C/OC=O)c(Cl)c1.Cc1cc(Cl)cc(C)c1C(=O)c1sc2cc(O)ccc2c1Oc1ccc(/C=C/OC=O)c(Cl)c1.Cc1cc(Oc2c(C(=O)c3c(C)cc(Cl)cc3C)sc3cc(O)ccc23)cc(C)c1/C=C/OC=O.Cc1cc(Oc2c(C(=O)c3c(C)cc(Cl)cc3C)sc3cc(O)ccc23)ccc1/C=C/OC=O. The number of phenols is 4. The summed E-state index contributed by atoms with van der Waals surface area (Å²) in [6.45, 7) is 21.8. The Morgan fingerprint density at radius 1 is 0.261 bits per heavy atom. The number of halogens is 7. The van der Waals surface area contributed by atoms with Crippen molar-refractivity contribution in [3.05, 3.63) is 367 Å². The fourth-order valence-corrected chi connectivity index (χ4v) is 22.0. The Kier molecular flexibility index (Phi) is 33.3. The quantitative estimate of drug-likeness (QED) is 0.0153. The summed E-state index contributed by atoms with van der Waals surface area (Å²) in [7, 11) is 0. The minimum absolute atomic E-state index is 0.0722. The second kappa shape index (κ2) is 45.1. The van der Waals surface area contributed by atoms with Gasteiger partial charge in [0, 0.05) is 106 Å². The first kappa shape index (κ1) is 102. The molecule has 4 N–H and O–H groups in total. The molecule has 20 nitrogen and oxygen atoms in total. The molecule has 4 aromatic heterocycles. The van der Waals surface area contributed by atoms with Crippen molar-refractivity contribution in [3.8, 4) is 69.0 Å². The second-order valence-electron chi connectivity index (χ2n) is 31.3. The number of aromatic hydroxyl groups is 4. The number of ketones is 4. The van der Waals surface area contributed by atoms with Crippen molar-refractivity contribution in [1.29, 1.82) is 0 Å². The van der Waals surface area contributed by atoms with Gasteiger partial charge in [-0.3, -0.25) is 38.4 Å². The summed E-state index contributed by atoms with van der Waals surface area (Å²) in [6.07, 6.45) is 11.4. The van der Waals surface area contributed by atoms with Gasteiger partial charge >= 0.3 is 0 Å². The summed E-state index contributed by atoms with van der Waals surface area (Å²) in [4.78, 5) is 98.0. The monoisotopic (exact) mass is 2060 g/mol. The van der Waals surface area contributed by atoms with Crippen LogP contribution in [0.25, 0.3) is 64.6 Å². The molecule has 0 aliphatic heterocycles. The number of phenolic OH excluding ortho intramolecular Hbond substituents is 4. The van der Waals surface area contributed by atoms with Crippen molar-refractivity contribution in [1.82, 2.24) is 0 Å². The van der Waals surface area contributed by atoms with Crippen LogP contribution in [0.15, 0.2) is 207 Å². The van der Waals surface area contributed by atoms with Crippen LogP contribution < -0.4 is 18.9 Å². The second-order valence-corrected chi connectivity index (χ2v) is 38.4. The Hall–Kier alpha value is -13.6. The minimum atomic E-state index is -0.227. The molecule has 0 amide bonds. The molecule has 16 rings (SSSR count). The number of hydrogen-bond donors (Lipinski definition) is 4. The molecule has 0 atom stereocenters. The Labute approximate surface area is 842 Å². The lowest BCUT2D eigenvalue weighted by Crippen LogP contribution is -2.06. The topological polar surface area (TPSA) is 291 Å². The van der Waals surface area contributed by atoms with E-state index in [9.17, 15) is 58.8 Å². The molecule has 0 unspecified atom stereocenters. The number of rotatable bonds is 28. The van der Waals surface area contributed by atoms with Gasteiger partial charge in [-0.05, 0) is 336 Å². The maximum Gasteiger partial charge on any atom is 0.297 e. The van der Waals surface area contributed by atoms with Gasteiger partial charge < -0.3 is 58.3 Å². The summed E-state index contributed by atoms with van der Waals surface area (Å²) >= 11 is 48.8. The molecule has 700 valence electrons. The lowest BCUT2D eigenvalue weighted by atomic mass is 9.97. The molecule has 0 radical (unpaired) electrons. The third-order valence-electron chi connectivity index (χ3n) is 21.4. The summed E-state index contributed by atoms with van der Waals surface area (Å²) in [5.74, 6) is 3.07. The smallest absolute Gasteiger partial charge is 0.297 e. The first-order valence-corrected chi connectivity index (χ1v) is 47.4. The molecule has 4 heterocycles. The Morgan fingerprint density at radius 3 is 0.797 bits per heavy atom.